The van der Waals surface area contributed by atoms with E-state index in [2.05, 4.69) is 20.5 Å². The van der Waals surface area contributed by atoms with E-state index in [9.17, 15) is 28.7 Å². The number of fused-ring (bicyclic) bond motifs is 1. The van der Waals surface area contributed by atoms with Crippen LogP contribution in [0.1, 0.15) is 42.9 Å². The number of anilines is 2. The van der Waals surface area contributed by atoms with E-state index in [-0.39, 0.29) is 29.2 Å². The van der Waals surface area contributed by atoms with Crippen LogP contribution in [0.5, 0.6) is 0 Å². The molecule has 0 bridgehead atoms. The topological polar surface area (TPSA) is 138 Å². The number of rotatable bonds is 7. The van der Waals surface area contributed by atoms with Crippen LogP contribution in [-0.2, 0) is 9.59 Å². The molecule has 1 saturated heterocycles. The first-order valence-electron chi connectivity index (χ1n) is 13.7. The summed E-state index contributed by atoms with van der Waals surface area (Å²) in [7, 11) is 0. The summed E-state index contributed by atoms with van der Waals surface area (Å²) >= 11 is 6.62. The number of aliphatic hydroxyl groups is 1. The molecule has 2 aliphatic rings. The van der Waals surface area contributed by atoms with Crippen molar-refractivity contribution in [2.24, 2.45) is 0 Å². The highest BCUT2D eigenvalue weighted by Crippen LogP contribution is 2.41. The largest absolute Gasteiger partial charge is 0.374 e. The van der Waals surface area contributed by atoms with Crippen molar-refractivity contribution in [3.63, 3.8) is 0 Å². The second-order valence-electron chi connectivity index (χ2n) is 10.7. The summed E-state index contributed by atoms with van der Waals surface area (Å²) in [5, 5.41) is 30.8. The van der Waals surface area contributed by atoms with Gasteiger partial charge in [0.25, 0.3) is 11.8 Å². The molecule has 3 heterocycles. The van der Waals surface area contributed by atoms with Crippen molar-refractivity contribution in [1.82, 2.24) is 20.5 Å². The first-order valence-corrected chi connectivity index (χ1v) is 14.0. The van der Waals surface area contributed by atoms with E-state index < -0.39 is 54.9 Å². The van der Waals surface area contributed by atoms with Gasteiger partial charge in [0.2, 0.25) is 5.91 Å². The Kier molecular flexibility index (Phi) is 7.45. The van der Waals surface area contributed by atoms with Gasteiger partial charge in [-0.25, -0.2) is 13.8 Å². The summed E-state index contributed by atoms with van der Waals surface area (Å²) < 4.78 is 27.4. The molecule has 0 spiro atoms. The number of nitrogens with one attached hydrogen (secondary N) is 2. The number of aromatic amines is 1. The third-order valence-corrected chi connectivity index (χ3v) is 8.23. The Hall–Kier alpha value is -4.60. The number of benzene rings is 2. The second-order valence-corrected chi connectivity index (χ2v) is 11.1. The quantitative estimate of drug-likeness (QED) is 0.283. The molecule has 2 aromatic carbocycles. The number of carbonyl (C=O) groups is 2. The maximum absolute atomic E-state index is 14.8. The Bertz CT molecular complexity index is 1730. The van der Waals surface area contributed by atoms with Crippen LogP contribution in [0.15, 0.2) is 67.0 Å². The molecule has 6 rings (SSSR count). The first kappa shape index (κ1) is 28.5. The normalized spacial score (nSPS) is 20.3. The number of nitrogens with zero attached hydrogens (tertiary/aromatic N) is 5. The van der Waals surface area contributed by atoms with Crippen LogP contribution >= 0.6 is 11.6 Å². The number of hydrogen-bond donors (Lipinski definition) is 3. The third kappa shape index (κ3) is 5.37. The molecule has 2 unspecified atom stereocenters. The molecule has 1 aliphatic heterocycles. The highest BCUT2D eigenvalue weighted by molar-refractivity contribution is 6.31. The molecule has 0 radical (unpaired) electrons. The minimum Gasteiger partial charge on any atom is -0.374 e. The Morgan fingerprint density at radius 2 is 1.98 bits per heavy atom. The number of alkyl halides is 2. The molecule has 43 heavy (non-hydrogen) atoms. The smallest absolute Gasteiger partial charge is 0.252 e. The molecule has 10 nitrogen and oxygen atoms in total. The van der Waals surface area contributed by atoms with Crippen molar-refractivity contribution in [3.05, 3.63) is 83.1 Å². The van der Waals surface area contributed by atoms with Gasteiger partial charge in [0.05, 0.1) is 29.0 Å². The fraction of sp³-hybridized carbons (Fsp3) is 0.300. The fourth-order valence-electron chi connectivity index (χ4n) is 5.82. The van der Waals surface area contributed by atoms with E-state index in [1.165, 1.54) is 34.3 Å². The van der Waals surface area contributed by atoms with Gasteiger partial charge in [0.15, 0.2) is 0 Å². The number of amides is 2. The number of carbonyl (C=O) groups excluding carboxylic acids is 2. The predicted octanol–water partition coefficient (Wildman–Crippen LogP) is 4.46. The van der Waals surface area contributed by atoms with Gasteiger partial charge in [-0.1, -0.05) is 35.9 Å². The van der Waals surface area contributed by atoms with Gasteiger partial charge >= 0.3 is 0 Å². The summed E-state index contributed by atoms with van der Waals surface area (Å²) in [6.45, 7) is 0. The first-order chi connectivity index (χ1) is 20.7. The standard InChI is InChI=1S/C30H26ClF2N7O3/c31-21-5-2-1-4-19(21)27(28(42)37-18-13-30(32,33)14-18)40(23-7-3-6-22-20(23)16-36-38-22)29(43)24-8-9-26(41)39(24)25-12-17(15-34)10-11-35-25/h1-7,10-12,16,18,24,26-27,41H,8-9,13-14H2,(H,36,38)(H,37,42)/t24-,26?,27?/m0/s1. The van der Waals surface area contributed by atoms with E-state index in [1.54, 1.807) is 42.5 Å². The highest BCUT2D eigenvalue weighted by atomic mass is 35.5. The molecule has 2 aromatic heterocycles. The summed E-state index contributed by atoms with van der Waals surface area (Å²) in [5.41, 5.74) is 1.51. The van der Waals surface area contributed by atoms with Crippen LogP contribution in [-0.4, -0.2) is 56.3 Å². The predicted molar refractivity (Wildman–Crippen MR) is 154 cm³/mol. The Balaban J connectivity index is 1.49. The lowest BCUT2D eigenvalue weighted by Crippen LogP contribution is -2.56. The molecular weight excluding hydrogens is 580 g/mol. The third-order valence-electron chi connectivity index (χ3n) is 7.88. The van der Waals surface area contributed by atoms with Gasteiger partial charge in [0, 0.05) is 41.1 Å². The van der Waals surface area contributed by atoms with E-state index in [1.807, 2.05) is 6.07 Å². The molecular formula is C30H26ClF2N7O3. The number of H-pyrrole nitrogens is 1. The molecule has 3 atom stereocenters. The molecule has 4 aromatic rings. The van der Waals surface area contributed by atoms with Gasteiger partial charge < -0.3 is 15.3 Å². The summed E-state index contributed by atoms with van der Waals surface area (Å²) in [6.07, 6.45) is 1.26. The summed E-state index contributed by atoms with van der Waals surface area (Å²) in [6, 6.07) is 13.5. The van der Waals surface area contributed by atoms with Crippen LogP contribution < -0.4 is 15.1 Å². The van der Waals surface area contributed by atoms with Crippen molar-refractivity contribution in [2.75, 3.05) is 9.80 Å². The molecule has 3 N–H and O–H groups in total. The summed E-state index contributed by atoms with van der Waals surface area (Å²) in [4.78, 5) is 35.9. The van der Waals surface area contributed by atoms with Crippen molar-refractivity contribution < 1.29 is 23.5 Å². The van der Waals surface area contributed by atoms with Gasteiger partial charge in [-0.3, -0.25) is 19.6 Å². The van der Waals surface area contributed by atoms with Crippen molar-refractivity contribution in [3.8, 4) is 6.07 Å². The van der Waals surface area contributed by atoms with Gasteiger partial charge in [0.1, 0.15) is 24.1 Å². The fourth-order valence-corrected chi connectivity index (χ4v) is 6.06. The van der Waals surface area contributed by atoms with E-state index >= 15 is 0 Å². The zero-order valence-corrected chi connectivity index (χ0v) is 23.4. The average molecular weight is 606 g/mol. The SMILES string of the molecule is N#Cc1ccnc(N2C(O)CC[C@H]2C(=O)N(c2cccc3[nH]ncc23)C(C(=O)NC2CC(F)(F)C2)c2ccccc2Cl)c1. The van der Waals surface area contributed by atoms with Crippen molar-refractivity contribution in [1.29, 1.82) is 5.26 Å². The molecule has 1 saturated carbocycles. The number of nitriles is 1. The lowest BCUT2D eigenvalue weighted by Gasteiger charge is -2.39. The van der Waals surface area contributed by atoms with E-state index in [4.69, 9.17) is 11.6 Å². The van der Waals surface area contributed by atoms with Gasteiger partial charge in [-0.05, 0) is 43.2 Å². The van der Waals surface area contributed by atoms with Crippen LogP contribution in [0, 0.1) is 11.3 Å². The van der Waals surface area contributed by atoms with Crippen LogP contribution in [0.25, 0.3) is 10.9 Å². The summed E-state index contributed by atoms with van der Waals surface area (Å²) in [5.74, 6) is -3.90. The Morgan fingerprint density at radius 3 is 2.72 bits per heavy atom. The maximum Gasteiger partial charge on any atom is 0.252 e. The van der Waals surface area contributed by atoms with Crippen molar-refractivity contribution in [2.45, 2.75) is 56.0 Å². The van der Waals surface area contributed by atoms with E-state index in [0.717, 1.165) is 0 Å². The monoisotopic (exact) mass is 605 g/mol. The molecule has 220 valence electrons. The molecule has 13 heteroatoms. The zero-order chi connectivity index (χ0) is 30.3. The Labute approximate surface area is 249 Å². The average Bonchev–Trinajstić information content (AvgIpc) is 3.62. The lowest BCUT2D eigenvalue weighted by molar-refractivity contribution is -0.133. The number of halogens is 3. The van der Waals surface area contributed by atoms with Gasteiger partial charge in [-0.15, -0.1) is 0 Å². The van der Waals surface area contributed by atoms with Crippen LogP contribution in [0.3, 0.4) is 0 Å². The van der Waals surface area contributed by atoms with Crippen molar-refractivity contribution >= 4 is 45.8 Å². The highest BCUT2D eigenvalue weighted by Gasteiger charge is 2.48. The minimum atomic E-state index is -2.87. The maximum atomic E-state index is 14.8. The number of hydrogen-bond acceptors (Lipinski definition) is 7. The van der Waals surface area contributed by atoms with E-state index in [0.29, 0.717) is 22.2 Å². The van der Waals surface area contributed by atoms with Crippen LogP contribution in [0.4, 0.5) is 20.3 Å². The molecule has 2 fully saturated rings. The minimum absolute atomic E-state index is 0.199. The number of aliphatic hydroxyl groups excluding tert-OH is 1. The van der Waals surface area contributed by atoms with Crippen LogP contribution in [0.2, 0.25) is 5.02 Å². The zero-order valence-electron chi connectivity index (χ0n) is 22.6. The second kappa shape index (κ2) is 11.2. The Morgan fingerprint density at radius 1 is 1.19 bits per heavy atom. The molecule has 2 amide bonds. The lowest BCUT2D eigenvalue weighted by atomic mass is 9.87. The number of aromatic nitrogens is 3. The number of pyridine rings is 1. The molecule has 1 aliphatic carbocycles. The van der Waals surface area contributed by atoms with Gasteiger partial charge in [-0.2, -0.15) is 10.4 Å².